The van der Waals surface area contributed by atoms with Gasteiger partial charge in [0.2, 0.25) is 5.91 Å². The molecule has 5 nitrogen and oxygen atoms in total. The number of pyridine rings is 1. The molecule has 1 amide bonds. The van der Waals surface area contributed by atoms with Crippen LogP contribution in [0, 0.1) is 5.92 Å². The summed E-state index contributed by atoms with van der Waals surface area (Å²) in [7, 11) is 0. The van der Waals surface area contributed by atoms with Gasteiger partial charge < -0.3 is 16.0 Å². The zero-order valence-electron chi connectivity index (χ0n) is 13.0. The zero-order valence-corrected chi connectivity index (χ0v) is 13.0. The van der Waals surface area contributed by atoms with Crippen molar-refractivity contribution in [2.45, 2.75) is 45.7 Å². The largest absolute Gasteiger partial charge is 0.369 e. The van der Waals surface area contributed by atoms with Crippen LogP contribution < -0.4 is 16.0 Å². The second kappa shape index (κ2) is 7.41. The molecule has 2 unspecified atom stereocenters. The van der Waals surface area contributed by atoms with E-state index in [-0.39, 0.29) is 11.8 Å². The van der Waals surface area contributed by atoms with Gasteiger partial charge in [0.05, 0.1) is 5.92 Å². The lowest BCUT2D eigenvalue weighted by molar-refractivity contribution is -0.122. The lowest BCUT2D eigenvalue weighted by atomic mass is 9.93. The van der Waals surface area contributed by atoms with Gasteiger partial charge in [-0.3, -0.25) is 4.79 Å². The lowest BCUT2D eigenvalue weighted by Crippen LogP contribution is -2.46. The Balaban J connectivity index is 2.01. The summed E-state index contributed by atoms with van der Waals surface area (Å²) >= 11 is 0. The Kier molecular flexibility index (Phi) is 5.56. The normalized spacial score (nSPS) is 22.3. The van der Waals surface area contributed by atoms with E-state index in [1.165, 1.54) is 5.56 Å². The highest BCUT2D eigenvalue weighted by molar-refractivity contribution is 5.77. The van der Waals surface area contributed by atoms with Crippen LogP contribution in [0.3, 0.4) is 0 Å². The number of nitrogens with zero attached hydrogens (tertiary/aromatic N) is 2. The molecule has 2 rings (SSSR count). The van der Waals surface area contributed by atoms with E-state index in [4.69, 9.17) is 5.73 Å². The molecule has 1 aliphatic heterocycles. The van der Waals surface area contributed by atoms with E-state index in [0.717, 1.165) is 38.2 Å². The maximum atomic E-state index is 11.4. The molecule has 116 valence electrons. The second-order valence-electron chi connectivity index (χ2n) is 5.88. The van der Waals surface area contributed by atoms with Crippen molar-refractivity contribution in [1.82, 2.24) is 10.3 Å². The van der Waals surface area contributed by atoms with Crippen LogP contribution in [0.5, 0.6) is 0 Å². The molecule has 5 heteroatoms. The van der Waals surface area contributed by atoms with E-state index in [9.17, 15) is 4.79 Å². The van der Waals surface area contributed by atoms with Crippen LogP contribution in [0.25, 0.3) is 0 Å². The van der Waals surface area contributed by atoms with Gasteiger partial charge in [0.15, 0.2) is 0 Å². The van der Waals surface area contributed by atoms with Crippen molar-refractivity contribution in [2.24, 2.45) is 11.7 Å². The van der Waals surface area contributed by atoms with Gasteiger partial charge in [0, 0.05) is 25.3 Å². The zero-order chi connectivity index (χ0) is 15.2. The third-order valence-electron chi connectivity index (χ3n) is 4.14. The monoisotopic (exact) mass is 290 g/mol. The number of hydrogen-bond donors (Lipinski definition) is 2. The molecule has 1 aromatic heterocycles. The highest BCUT2D eigenvalue weighted by Gasteiger charge is 2.29. The van der Waals surface area contributed by atoms with Crippen molar-refractivity contribution in [3.8, 4) is 0 Å². The molecule has 0 radical (unpaired) electrons. The standard InChI is InChI=1S/C16H26N4O/c1-3-8-18-9-13-5-7-15(19-10-13)20-11-14(16(17)21)6-4-12(20)2/h5,7,10,12,14,18H,3-4,6,8-9,11H2,1-2H3,(H2,17,21). The number of primary amides is 1. The average Bonchev–Trinajstić information content (AvgIpc) is 2.48. The molecule has 21 heavy (non-hydrogen) atoms. The Labute approximate surface area is 126 Å². The predicted molar refractivity (Wildman–Crippen MR) is 85.0 cm³/mol. The molecule has 0 spiro atoms. The first-order chi connectivity index (χ1) is 10.1. The summed E-state index contributed by atoms with van der Waals surface area (Å²) in [6.45, 7) is 6.87. The van der Waals surface area contributed by atoms with Crippen LogP contribution >= 0.6 is 0 Å². The van der Waals surface area contributed by atoms with Gasteiger partial charge in [-0.2, -0.15) is 0 Å². The first-order valence-corrected chi connectivity index (χ1v) is 7.83. The Bertz CT molecular complexity index is 460. The van der Waals surface area contributed by atoms with Crippen molar-refractivity contribution in [1.29, 1.82) is 0 Å². The first-order valence-electron chi connectivity index (χ1n) is 7.83. The molecule has 3 N–H and O–H groups in total. The molecule has 2 heterocycles. The van der Waals surface area contributed by atoms with E-state index in [1.807, 2.05) is 12.3 Å². The minimum atomic E-state index is -0.202. The Morgan fingerprint density at radius 3 is 2.90 bits per heavy atom. The maximum Gasteiger partial charge on any atom is 0.222 e. The topological polar surface area (TPSA) is 71.2 Å². The second-order valence-corrected chi connectivity index (χ2v) is 5.88. The summed E-state index contributed by atoms with van der Waals surface area (Å²) < 4.78 is 0. The Hall–Kier alpha value is -1.62. The number of rotatable bonds is 6. The molecule has 0 aromatic carbocycles. The number of nitrogens with two attached hydrogens (primary N) is 1. The number of hydrogen-bond acceptors (Lipinski definition) is 4. The van der Waals surface area contributed by atoms with Gasteiger partial charge in [-0.25, -0.2) is 4.98 Å². The fourth-order valence-electron chi connectivity index (χ4n) is 2.76. The fourth-order valence-corrected chi connectivity index (χ4v) is 2.76. The minimum Gasteiger partial charge on any atom is -0.369 e. The molecule has 1 aromatic rings. The van der Waals surface area contributed by atoms with E-state index < -0.39 is 0 Å². The summed E-state index contributed by atoms with van der Waals surface area (Å²) in [6, 6.07) is 4.55. The van der Waals surface area contributed by atoms with Gasteiger partial charge >= 0.3 is 0 Å². The number of amides is 1. The number of anilines is 1. The van der Waals surface area contributed by atoms with Gasteiger partial charge in [-0.05, 0) is 44.4 Å². The summed E-state index contributed by atoms with van der Waals surface area (Å²) in [6.07, 6.45) is 4.91. The third-order valence-corrected chi connectivity index (χ3v) is 4.14. The highest BCUT2D eigenvalue weighted by Crippen LogP contribution is 2.26. The van der Waals surface area contributed by atoms with Gasteiger partial charge in [-0.1, -0.05) is 13.0 Å². The van der Waals surface area contributed by atoms with E-state index in [2.05, 4.69) is 35.1 Å². The lowest BCUT2D eigenvalue weighted by Gasteiger charge is -2.37. The molecular weight excluding hydrogens is 264 g/mol. The highest BCUT2D eigenvalue weighted by atomic mass is 16.1. The van der Waals surface area contributed by atoms with Crippen molar-refractivity contribution in [3.63, 3.8) is 0 Å². The average molecular weight is 290 g/mol. The van der Waals surface area contributed by atoms with Crippen LogP contribution in [0.4, 0.5) is 5.82 Å². The van der Waals surface area contributed by atoms with Crippen molar-refractivity contribution < 1.29 is 4.79 Å². The fraction of sp³-hybridized carbons (Fsp3) is 0.625. The van der Waals surface area contributed by atoms with Gasteiger partial charge in [0.25, 0.3) is 0 Å². The first kappa shape index (κ1) is 15.8. The van der Waals surface area contributed by atoms with Crippen molar-refractivity contribution in [2.75, 3.05) is 18.0 Å². The number of piperidine rings is 1. The van der Waals surface area contributed by atoms with Crippen molar-refractivity contribution in [3.05, 3.63) is 23.9 Å². The van der Waals surface area contributed by atoms with Crippen LogP contribution in [-0.4, -0.2) is 30.0 Å². The summed E-state index contributed by atoms with van der Waals surface area (Å²) in [5.41, 5.74) is 6.63. The van der Waals surface area contributed by atoms with E-state index >= 15 is 0 Å². The molecule has 0 aliphatic carbocycles. The van der Waals surface area contributed by atoms with Crippen molar-refractivity contribution >= 4 is 11.7 Å². The predicted octanol–water partition coefficient (Wildman–Crippen LogP) is 1.67. The number of aromatic nitrogens is 1. The quantitative estimate of drug-likeness (QED) is 0.782. The summed E-state index contributed by atoms with van der Waals surface area (Å²) in [5.74, 6) is 0.675. The molecule has 2 atom stereocenters. The molecule has 0 bridgehead atoms. The molecule has 0 saturated carbocycles. The summed E-state index contributed by atoms with van der Waals surface area (Å²) in [4.78, 5) is 18.2. The molecule has 1 aliphatic rings. The molecule has 1 saturated heterocycles. The number of carbonyl (C=O) groups is 1. The minimum absolute atomic E-state index is 0.0612. The maximum absolute atomic E-state index is 11.4. The smallest absolute Gasteiger partial charge is 0.222 e. The molecular formula is C16H26N4O. The Morgan fingerprint density at radius 2 is 2.29 bits per heavy atom. The Morgan fingerprint density at radius 1 is 1.48 bits per heavy atom. The van der Waals surface area contributed by atoms with E-state index in [0.29, 0.717) is 12.6 Å². The molecule has 1 fully saturated rings. The van der Waals surface area contributed by atoms with Gasteiger partial charge in [0.1, 0.15) is 5.82 Å². The van der Waals surface area contributed by atoms with Crippen LogP contribution in [-0.2, 0) is 11.3 Å². The SMILES string of the molecule is CCCNCc1ccc(N2CC(C(N)=O)CCC2C)nc1. The van der Waals surface area contributed by atoms with E-state index in [1.54, 1.807) is 0 Å². The van der Waals surface area contributed by atoms with Crippen LogP contribution in [0.15, 0.2) is 18.3 Å². The summed E-state index contributed by atoms with van der Waals surface area (Å²) in [5, 5.41) is 3.37. The number of nitrogens with one attached hydrogen (secondary N) is 1. The number of carbonyl (C=O) groups excluding carboxylic acids is 1. The van der Waals surface area contributed by atoms with Crippen LogP contribution in [0.2, 0.25) is 0 Å². The third kappa shape index (κ3) is 4.17. The van der Waals surface area contributed by atoms with Gasteiger partial charge in [-0.15, -0.1) is 0 Å². The van der Waals surface area contributed by atoms with Crippen LogP contribution in [0.1, 0.15) is 38.7 Å².